The van der Waals surface area contributed by atoms with Crippen LogP contribution in [0.25, 0.3) is 0 Å². The van der Waals surface area contributed by atoms with Crippen LogP contribution < -0.4 is 0 Å². The minimum Gasteiger partial charge on any atom is -0.508 e. The third kappa shape index (κ3) is 1.43. The fourth-order valence-electron chi connectivity index (χ4n) is 1.54. The van der Waals surface area contributed by atoms with Gasteiger partial charge in [-0.3, -0.25) is 0 Å². The molecule has 0 amide bonds. The van der Waals surface area contributed by atoms with Gasteiger partial charge >= 0.3 is 0 Å². The SMILES string of the molecule is Oc1ccc([C@@H]2CCOC2)cc1. The number of phenols is 1. The Morgan fingerprint density at radius 1 is 1.25 bits per heavy atom. The maximum Gasteiger partial charge on any atom is 0.115 e. The number of hydrogen-bond donors (Lipinski definition) is 1. The number of ether oxygens (including phenoxy) is 1. The third-order valence-corrected chi connectivity index (χ3v) is 2.29. The fourth-order valence-corrected chi connectivity index (χ4v) is 1.54. The van der Waals surface area contributed by atoms with Gasteiger partial charge in [0.1, 0.15) is 5.75 Å². The summed E-state index contributed by atoms with van der Waals surface area (Å²) in [5.74, 6) is 0.864. The molecule has 64 valence electrons. The summed E-state index contributed by atoms with van der Waals surface area (Å²) in [5.41, 5.74) is 1.27. The second-order valence-corrected chi connectivity index (χ2v) is 3.15. The van der Waals surface area contributed by atoms with Crippen molar-refractivity contribution in [3.8, 4) is 5.75 Å². The van der Waals surface area contributed by atoms with E-state index < -0.39 is 0 Å². The van der Waals surface area contributed by atoms with Crippen LogP contribution >= 0.6 is 0 Å². The number of phenolic OH excluding ortho intramolecular Hbond substituents is 1. The summed E-state index contributed by atoms with van der Waals surface area (Å²) >= 11 is 0. The average molecular weight is 164 g/mol. The Bertz CT molecular complexity index is 247. The first-order chi connectivity index (χ1) is 5.86. The highest BCUT2D eigenvalue weighted by molar-refractivity contribution is 5.28. The van der Waals surface area contributed by atoms with Crippen LogP contribution in [0.15, 0.2) is 24.3 Å². The lowest BCUT2D eigenvalue weighted by atomic mass is 9.99. The van der Waals surface area contributed by atoms with Gasteiger partial charge in [0, 0.05) is 12.5 Å². The molecule has 2 nitrogen and oxygen atoms in total. The van der Waals surface area contributed by atoms with E-state index in [0.29, 0.717) is 11.7 Å². The normalized spacial score (nSPS) is 22.8. The zero-order valence-electron chi connectivity index (χ0n) is 6.86. The summed E-state index contributed by atoms with van der Waals surface area (Å²) in [6.45, 7) is 1.69. The molecule has 2 rings (SSSR count). The summed E-state index contributed by atoms with van der Waals surface area (Å²) in [6.07, 6.45) is 1.10. The van der Waals surface area contributed by atoms with Crippen LogP contribution in [0.4, 0.5) is 0 Å². The molecular formula is C10H12O2. The second kappa shape index (κ2) is 3.15. The van der Waals surface area contributed by atoms with E-state index in [4.69, 9.17) is 9.84 Å². The van der Waals surface area contributed by atoms with Crippen LogP contribution in [0.3, 0.4) is 0 Å². The molecule has 12 heavy (non-hydrogen) atoms. The van der Waals surface area contributed by atoms with Gasteiger partial charge in [0.2, 0.25) is 0 Å². The Morgan fingerprint density at radius 2 is 2.00 bits per heavy atom. The van der Waals surface area contributed by atoms with Gasteiger partial charge in [-0.1, -0.05) is 12.1 Å². The van der Waals surface area contributed by atoms with Gasteiger partial charge in [-0.15, -0.1) is 0 Å². The molecule has 1 N–H and O–H groups in total. The second-order valence-electron chi connectivity index (χ2n) is 3.15. The molecule has 1 heterocycles. The van der Waals surface area contributed by atoms with E-state index in [-0.39, 0.29) is 0 Å². The van der Waals surface area contributed by atoms with Crippen LogP contribution in [0, 0.1) is 0 Å². The molecule has 0 radical (unpaired) electrons. The van der Waals surface area contributed by atoms with E-state index in [2.05, 4.69) is 0 Å². The first kappa shape index (κ1) is 7.62. The van der Waals surface area contributed by atoms with Crippen molar-refractivity contribution in [2.45, 2.75) is 12.3 Å². The highest BCUT2D eigenvalue weighted by atomic mass is 16.5. The van der Waals surface area contributed by atoms with Gasteiger partial charge in [0.15, 0.2) is 0 Å². The first-order valence-electron chi connectivity index (χ1n) is 4.23. The Kier molecular flexibility index (Phi) is 2.00. The highest BCUT2D eigenvalue weighted by Gasteiger charge is 2.16. The Morgan fingerprint density at radius 3 is 2.58 bits per heavy atom. The van der Waals surface area contributed by atoms with E-state index in [1.165, 1.54) is 5.56 Å². The minimum absolute atomic E-state index is 0.331. The smallest absolute Gasteiger partial charge is 0.115 e. The molecule has 1 atom stereocenters. The van der Waals surface area contributed by atoms with Crippen LogP contribution in [0.2, 0.25) is 0 Å². The van der Waals surface area contributed by atoms with Crippen molar-refractivity contribution < 1.29 is 9.84 Å². The summed E-state index contributed by atoms with van der Waals surface area (Å²) in [7, 11) is 0. The van der Waals surface area contributed by atoms with E-state index in [9.17, 15) is 0 Å². The van der Waals surface area contributed by atoms with E-state index in [1.54, 1.807) is 12.1 Å². The molecule has 0 spiro atoms. The molecule has 1 aromatic rings. The predicted octanol–water partition coefficient (Wildman–Crippen LogP) is 1.90. The Balaban J connectivity index is 2.17. The molecule has 0 bridgehead atoms. The van der Waals surface area contributed by atoms with Gasteiger partial charge in [-0.25, -0.2) is 0 Å². The molecule has 0 aromatic heterocycles. The number of benzene rings is 1. The van der Waals surface area contributed by atoms with Crippen molar-refractivity contribution in [3.05, 3.63) is 29.8 Å². The van der Waals surface area contributed by atoms with Gasteiger partial charge in [-0.05, 0) is 24.1 Å². The van der Waals surface area contributed by atoms with Crippen LogP contribution in [0.1, 0.15) is 17.9 Å². The topological polar surface area (TPSA) is 29.5 Å². The molecule has 1 aliphatic rings. The molecule has 0 unspecified atom stereocenters. The Hall–Kier alpha value is -1.02. The maximum atomic E-state index is 9.07. The average Bonchev–Trinajstić information content (AvgIpc) is 2.58. The first-order valence-corrected chi connectivity index (χ1v) is 4.23. The van der Waals surface area contributed by atoms with E-state index in [0.717, 1.165) is 19.6 Å². The molecule has 1 saturated heterocycles. The number of aromatic hydroxyl groups is 1. The summed E-state index contributed by atoms with van der Waals surface area (Å²) in [5, 5.41) is 9.07. The van der Waals surface area contributed by atoms with E-state index in [1.807, 2.05) is 12.1 Å². The lowest BCUT2D eigenvalue weighted by Crippen LogP contribution is -1.96. The molecule has 1 fully saturated rings. The van der Waals surface area contributed by atoms with Gasteiger partial charge < -0.3 is 9.84 Å². The zero-order chi connectivity index (χ0) is 8.39. The third-order valence-electron chi connectivity index (χ3n) is 2.29. The van der Waals surface area contributed by atoms with Gasteiger partial charge in [-0.2, -0.15) is 0 Å². The molecule has 1 aromatic carbocycles. The largest absolute Gasteiger partial charge is 0.508 e. The van der Waals surface area contributed by atoms with Crippen molar-refractivity contribution >= 4 is 0 Å². The maximum absolute atomic E-state index is 9.07. The van der Waals surface area contributed by atoms with Crippen molar-refractivity contribution in [3.63, 3.8) is 0 Å². The number of rotatable bonds is 1. The number of hydrogen-bond acceptors (Lipinski definition) is 2. The van der Waals surface area contributed by atoms with Crippen molar-refractivity contribution in [1.29, 1.82) is 0 Å². The molecule has 1 aliphatic heterocycles. The molecule has 0 saturated carbocycles. The standard InChI is InChI=1S/C10H12O2/c11-10-3-1-8(2-4-10)9-5-6-12-7-9/h1-4,9,11H,5-7H2/t9-/m1/s1. The predicted molar refractivity (Wildman–Crippen MR) is 46.3 cm³/mol. The van der Waals surface area contributed by atoms with Crippen molar-refractivity contribution in [1.82, 2.24) is 0 Å². The van der Waals surface area contributed by atoms with Crippen molar-refractivity contribution in [2.75, 3.05) is 13.2 Å². The zero-order valence-corrected chi connectivity index (χ0v) is 6.86. The minimum atomic E-state index is 0.331. The Labute approximate surface area is 71.8 Å². The highest BCUT2D eigenvalue weighted by Crippen LogP contribution is 2.25. The molecular weight excluding hydrogens is 152 g/mol. The van der Waals surface area contributed by atoms with Crippen LogP contribution in [-0.4, -0.2) is 18.3 Å². The lowest BCUT2D eigenvalue weighted by Gasteiger charge is -2.06. The van der Waals surface area contributed by atoms with E-state index >= 15 is 0 Å². The fraction of sp³-hybridized carbons (Fsp3) is 0.400. The monoisotopic (exact) mass is 164 g/mol. The summed E-state index contributed by atoms with van der Waals surface area (Å²) in [6, 6.07) is 7.39. The molecule has 2 heteroatoms. The van der Waals surface area contributed by atoms with Crippen LogP contribution in [0.5, 0.6) is 5.75 Å². The lowest BCUT2D eigenvalue weighted by molar-refractivity contribution is 0.194. The summed E-state index contributed by atoms with van der Waals surface area (Å²) < 4.78 is 5.28. The quantitative estimate of drug-likeness (QED) is 0.686. The summed E-state index contributed by atoms with van der Waals surface area (Å²) in [4.78, 5) is 0. The molecule has 0 aliphatic carbocycles. The van der Waals surface area contributed by atoms with Gasteiger partial charge in [0.25, 0.3) is 0 Å². The van der Waals surface area contributed by atoms with Gasteiger partial charge in [0.05, 0.1) is 6.61 Å². The van der Waals surface area contributed by atoms with Crippen LogP contribution in [-0.2, 0) is 4.74 Å². The van der Waals surface area contributed by atoms with Crippen molar-refractivity contribution in [2.24, 2.45) is 0 Å².